The van der Waals surface area contributed by atoms with Crippen molar-refractivity contribution in [2.45, 2.75) is 44.8 Å². The molecule has 210 valence electrons. The number of hydrogen-bond acceptors (Lipinski definition) is 5. The van der Waals surface area contributed by atoms with Gasteiger partial charge in [-0.1, -0.05) is 30.3 Å². The SMILES string of the molecule is COc1ccc2[nH]cc(CCC3c4cc(OC)c(OCc5ccccc5)cc4CCN3CC3CCOCC3)c2c1. The normalized spacial score (nSPS) is 18.0. The van der Waals surface area contributed by atoms with Crippen molar-refractivity contribution in [3.63, 3.8) is 0 Å². The highest BCUT2D eigenvalue weighted by Gasteiger charge is 2.31. The summed E-state index contributed by atoms with van der Waals surface area (Å²) in [4.78, 5) is 6.18. The van der Waals surface area contributed by atoms with E-state index >= 15 is 0 Å². The van der Waals surface area contributed by atoms with Crippen LogP contribution in [-0.4, -0.2) is 50.4 Å². The van der Waals surface area contributed by atoms with E-state index in [1.807, 2.05) is 24.3 Å². The Hall–Kier alpha value is -3.48. The zero-order valence-corrected chi connectivity index (χ0v) is 23.7. The van der Waals surface area contributed by atoms with Crippen LogP contribution in [0, 0.1) is 5.92 Å². The third-order valence-electron chi connectivity index (χ3n) is 8.63. The number of nitrogens with zero attached hydrogens (tertiary/aromatic N) is 1. The van der Waals surface area contributed by atoms with Crippen LogP contribution in [0.1, 0.15) is 47.6 Å². The van der Waals surface area contributed by atoms with Crippen molar-refractivity contribution in [3.05, 3.63) is 89.1 Å². The number of rotatable bonds is 10. The molecule has 1 N–H and O–H groups in total. The number of fused-ring (bicyclic) bond motifs is 2. The highest BCUT2D eigenvalue weighted by atomic mass is 16.5. The van der Waals surface area contributed by atoms with Gasteiger partial charge in [-0.2, -0.15) is 0 Å². The lowest BCUT2D eigenvalue weighted by molar-refractivity contribution is 0.0423. The van der Waals surface area contributed by atoms with Crippen LogP contribution in [-0.2, 0) is 24.2 Å². The number of ether oxygens (including phenoxy) is 4. The molecular weight excluding hydrogens is 500 g/mol. The van der Waals surface area contributed by atoms with Crippen LogP contribution in [0.3, 0.4) is 0 Å². The van der Waals surface area contributed by atoms with Crippen molar-refractivity contribution >= 4 is 10.9 Å². The van der Waals surface area contributed by atoms with Crippen LogP contribution in [0.25, 0.3) is 10.9 Å². The average Bonchev–Trinajstić information content (AvgIpc) is 3.42. The molecule has 3 aromatic carbocycles. The summed E-state index contributed by atoms with van der Waals surface area (Å²) in [6.07, 6.45) is 7.49. The summed E-state index contributed by atoms with van der Waals surface area (Å²) in [6, 6.07) is 21.4. The molecule has 4 aromatic rings. The summed E-state index contributed by atoms with van der Waals surface area (Å²) in [5.74, 6) is 3.21. The first-order chi connectivity index (χ1) is 19.7. The zero-order chi connectivity index (χ0) is 27.3. The Morgan fingerprint density at radius 1 is 0.950 bits per heavy atom. The minimum Gasteiger partial charge on any atom is -0.497 e. The Balaban J connectivity index is 1.28. The van der Waals surface area contributed by atoms with Crippen LogP contribution in [0.4, 0.5) is 0 Å². The molecule has 6 rings (SSSR count). The minimum atomic E-state index is 0.319. The van der Waals surface area contributed by atoms with E-state index in [9.17, 15) is 0 Å². The first-order valence-electron chi connectivity index (χ1n) is 14.5. The molecule has 0 spiro atoms. The van der Waals surface area contributed by atoms with E-state index in [0.29, 0.717) is 18.6 Å². The van der Waals surface area contributed by atoms with Gasteiger partial charge >= 0.3 is 0 Å². The molecule has 0 bridgehead atoms. The molecule has 3 heterocycles. The zero-order valence-electron chi connectivity index (χ0n) is 23.7. The largest absolute Gasteiger partial charge is 0.497 e. The number of aromatic amines is 1. The van der Waals surface area contributed by atoms with Gasteiger partial charge in [-0.25, -0.2) is 0 Å². The van der Waals surface area contributed by atoms with Crippen LogP contribution < -0.4 is 14.2 Å². The molecule has 40 heavy (non-hydrogen) atoms. The Morgan fingerprint density at radius 2 is 1.80 bits per heavy atom. The Kier molecular flexibility index (Phi) is 8.26. The molecule has 0 radical (unpaired) electrons. The van der Waals surface area contributed by atoms with Crippen molar-refractivity contribution in [1.82, 2.24) is 9.88 Å². The fourth-order valence-corrected chi connectivity index (χ4v) is 6.37. The van der Waals surface area contributed by atoms with Crippen LogP contribution in [0.15, 0.2) is 66.9 Å². The maximum absolute atomic E-state index is 6.28. The van der Waals surface area contributed by atoms with Gasteiger partial charge in [-0.15, -0.1) is 0 Å². The maximum atomic E-state index is 6.28. The second kappa shape index (κ2) is 12.4. The highest BCUT2D eigenvalue weighted by molar-refractivity contribution is 5.84. The predicted molar refractivity (Wildman–Crippen MR) is 159 cm³/mol. The monoisotopic (exact) mass is 540 g/mol. The number of aromatic nitrogens is 1. The number of H-pyrrole nitrogens is 1. The second-order valence-electron chi connectivity index (χ2n) is 11.1. The van der Waals surface area contributed by atoms with Crippen molar-refractivity contribution in [2.24, 2.45) is 5.92 Å². The minimum absolute atomic E-state index is 0.319. The molecule has 1 aromatic heterocycles. The lowest BCUT2D eigenvalue weighted by atomic mass is 9.87. The quantitative estimate of drug-likeness (QED) is 0.242. The summed E-state index contributed by atoms with van der Waals surface area (Å²) in [5, 5.41) is 1.24. The van der Waals surface area contributed by atoms with Gasteiger partial charge in [-0.05, 0) is 90.6 Å². The molecule has 1 fully saturated rings. The first kappa shape index (κ1) is 26.7. The van der Waals surface area contributed by atoms with Gasteiger partial charge in [-0.3, -0.25) is 4.90 Å². The molecule has 6 heteroatoms. The standard InChI is InChI=1S/C34H40N2O4/c1-37-28-9-10-31-29(19-28)27(21-35-31)8-11-32-30-20-33(38-2)34(40-23-25-6-4-3-5-7-25)18-26(30)12-15-36(32)22-24-13-16-39-17-14-24/h3-7,9-10,18-21,24,32,35H,8,11-17,22-23H2,1-2H3. The van der Waals surface area contributed by atoms with Gasteiger partial charge in [0.15, 0.2) is 11.5 Å². The third-order valence-corrected chi connectivity index (χ3v) is 8.63. The van der Waals surface area contributed by atoms with Gasteiger partial charge in [0.25, 0.3) is 0 Å². The van der Waals surface area contributed by atoms with Gasteiger partial charge in [0, 0.05) is 49.4 Å². The molecule has 1 atom stereocenters. The number of benzene rings is 3. The van der Waals surface area contributed by atoms with Gasteiger partial charge in [0.1, 0.15) is 12.4 Å². The highest BCUT2D eigenvalue weighted by Crippen LogP contribution is 2.41. The van der Waals surface area contributed by atoms with Crippen molar-refractivity contribution in [3.8, 4) is 17.2 Å². The summed E-state index contributed by atoms with van der Waals surface area (Å²) in [5.41, 5.74) is 6.39. The lowest BCUT2D eigenvalue weighted by Crippen LogP contribution is -2.40. The van der Waals surface area contributed by atoms with E-state index < -0.39 is 0 Å². The van der Waals surface area contributed by atoms with E-state index in [1.165, 1.54) is 22.1 Å². The topological polar surface area (TPSA) is 56.0 Å². The average molecular weight is 541 g/mol. The summed E-state index contributed by atoms with van der Waals surface area (Å²) < 4.78 is 23.4. The van der Waals surface area contributed by atoms with Gasteiger partial charge in [0.2, 0.25) is 0 Å². The van der Waals surface area contributed by atoms with Crippen molar-refractivity contribution < 1.29 is 18.9 Å². The van der Waals surface area contributed by atoms with Crippen LogP contribution in [0.2, 0.25) is 0 Å². The molecule has 2 aliphatic rings. The summed E-state index contributed by atoms with van der Waals surface area (Å²) >= 11 is 0. The molecule has 0 saturated carbocycles. The first-order valence-corrected chi connectivity index (χ1v) is 14.5. The van der Waals surface area contributed by atoms with Crippen molar-refractivity contribution in [1.29, 1.82) is 0 Å². The fourth-order valence-electron chi connectivity index (χ4n) is 6.37. The number of nitrogens with one attached hydrogen (secondary N) is 1. The van der Waals surface area contributed by atoms with E-state index in [4.69, 9.17) is 18.9 Å². The van der Waals surface area contributed by atoms with E-state index in [-0.39, 0.29) is 0 Å². The van der Waals surface area contributed by atoms with Crippen molar-refractivity contribution in [2.75, 3.05) is 40.5 Å². The lowest BCUT2D eigenvalue weighted by Gasteiger charge is -2.40. The third kappa shape index (κ3) is 5.84. The number of aryl methyl sites for hydroxylation is 1. The maximum Gasteiger partial charge on any atom is 0.161 e. The molecule has 2 aliphatic heterocycles. The second-order valence-corrected chi connectivity index (χ2v) is 11.1. The van der Waals surface area contributed by atoms with Crippen LogP contribution in [0.5, 0.6) is 17.2 Å². The number of methoxy groups -OCH3 is 2. The van der Waals surface area contributed by atoms with E-state index in [0.717, 1.165) is 86.7 Å². The van der Waals surface area contributed by atoms with Gasteiger partial charge < -0.3 is 23.9 Å². The molecule has 1 unspecified atom stereocenters. The van der Waals surface area contributed by atoms with E-state index in [2.05, 4.69) is 52.5 Å². The molecule has 0 amide bonds. The van der Waals surface area contributed by atoms with E-state index in [1.54, 1.807) is 14.2 Å². The Labute approximate surface area is 237 Å². The summed E-state index contributed by atoms with van der Waals surface area (Å²) in [6.45, 7) is 4.46. The van der Waals surface area contributed by atoms with Crippen LogP contribution >= 0.6 is 0 Å². The number of hydrogen-bond donors (Lipinski definition) is 1. The molecular formula is C34H40N2O4. The molecule has 0 aliphatic carbocycles. The fraction of sp³-hybridized carbons (Fsp3) is 0.412. The Morgan fingerprint density at radius 3 is 2.60 bits per heavy atom. The van der Waals surface area contributed by atoms with Gasteiger partial charge in [0.05, 0.1) is 14.2 Å². The predicted octanol–water partition coefficient (Wildman–Crippen LogP) is 6.72. The molecule has 1 saturated heterocycles. The Bertz CT molecular complexity index is 1410. The summed E-state index contributed by atoms with van der Waals surface area (Å²) in [7, 11) is 3.47. The smallest absolute Gasteiger partial charge is 0.161 e. The molecule has 6 nitrogen and oxygen atoms in total.